The van der Waals surface area contributed by atoms with Crippen LogP contribution in [-0.4, -0.2) is 32.9 Å². The summed E-state index contributed by atoms with van der Waals surface area (Å²) in [5.41, 5.74) is 3.82. The third-order valence-electron chi connectivity index (χ3n) is 8.48. The predicted molar refractivity (Wildman–Crippen MR) is 140 cm³/mol. The largest absolute Gasteiger partial charge is 0.352 e. The van der Waals surface area contributed by atoms with Gasteiger partial charge >= 0.3 is 0 Å². The third-order valence-corrected chi connectivity index (χ3v) is 9.31. The minimum absolute atomic E-state index is 0.0650. The molecule has 35 heavy (non-hydrogen) atoms. The summed E-state index contributed by atoms with van der Waals surface area (Å²) in [6.07, 6.45) is 8.14. The van der Waals surface area contributed by atoms with Gasteiger partial charge in [0.05, 0.1) is 5.75 Å². The molecule has 4 aliphatic carbocycles. The van der Waals surface area contributed by atoms with Gasteiger partial charge in [0.1, 0.15) is 11.4 Å². The summed E-state index contributed by atoms with van der Waals surface area (Å²) in [4.78, 5) is 17.8. The van der Waals surface area contributed by atoms with Crippen molar-refractivity contribution in [2.75, 3.05) is 5.75 Å². The SMILES string of the molecule is CC(NC(=O)CSc1nnc(-c2ccccc2)c(-c2ccccc2)n1)C12CC3CC(CC(C3)C1)C2. The molecule has 4 fully saturated rings. The number of carbonyl (C=O) groups is 1. The second-order valence-electron chi connectivity index (χ2n) is 10.9. The predicted octanol–water partition coefficient (Wildman–Crippen LogP) is 6.02. The average Bonchev–Trinajstić information content (AvgIpc) is 2.87. The van der Waals surface area contributed by atoms with Gasteiger partial charge in [-0.05, 0) is 68.6 Å². The molecule has 1 unspecified atom stereocenters. The first-order valence-corrected chi connectivity index (χ1v) is 13.8. The molecule has 1 N–H and O–H groups in total. The number of carbonyl (C=O) groups excluding carboxylic acids is 1. The third kappa shape index (κ3) is 4.61. The molecule has 7 rings (SSSR count). The van der Waals surface area contributed by atoms with Crippen LogP contribution in [0.1, 0.15) is 45.4 Å². The molecule has 5 nitrogen and oxygen atoms in total. The van der Waals surface area contributed by atoms with E-state index in [9.17, 15) is 4.79 Å². The molecule has 0 radical (unpaired) electrons. The van der Waals surface area contributed by atoms with Crippen LogP contribution in [0.4, 0.5) is 0 Å². The van der Waals surface area contributed by atoms with E-state index in [1.165, 1.54) is 50.3 Å². The first kappa shape index (κ1) is 22.7. The summed E-state index contributed by atoms with van der Waals surface area (Å²) in [6.45, 7) is 2.23. The van der Waals surface area contributed by atoms with E-state index >= 15 is 0 Å². The molecule has 3 aromatic rings. The van der Waals surface area contributed by atoms with Gasteiger partial charge in [0.25, 0.3) is 0 Å². The summed E-state index contributed by atoms with van der Waals surface area (Å²) in [6, 6.07) is 20.3. The van der Waals surface area contributed by atoms with Crippen LogP contribution in [0, 0.1) is 23.2 Å². The van der Waals surface area contributed by atoms with Crippen molar-refractivity contribution in [1.82, 2.24) is 20.5 Å². The lowest BCUT2D eigenvalue weighted by Gasteiger charge is -2.59. The monoisotopic (exact) mass is 484 g/mol. The maximum Gasteiger partial charge on any atom is 0.230 e. The van der Waals surface area contributed by atoms with Crippen LogP contribution in [0.2, 0.25) is 0 Å². The van der Waals surface area contributed by atoms with Gasteiger partial charge in [0.15, 0.2) is 0 Å². The van der Waals surface area contributed by atoms with Crippen molar-refractivity contribution in [3.63, 3.8) is 0 Å². The number of rotatable bonds is 7. The summed E-state index contributed by atoms with van der Waals surface area (Å²) < 4.78 is 0. The van der Waals surface area contributed by atoms with Crippen molar-refractivity contribution in [1.29, 1.82) is 0 Å². The van der Waals surface area contributed by atoms with Gasteiger partial charge in [0, 0.05) is 17.2 Å². The molecule has 1 heterocycles. The molecule has 4 aliphatic rings. The highest BCUT2D eigenvalue weighted by atomic mass is 32.2. The Morgan fingerprint density at radius 2 is 1.43 bits per heavy atom. The Balaban J connectivity index is 1.15. The van der Waals surface area contributed by atoms with E-state index in [1.807, 2.05) is 60.7 Å². The van der Waals surface area contributed by atoms with Crippen LogP contribution in [0.3, 0.4) is 0 Å². The van der Waals surface area contributed by atoms with E-state index in [4.69, 9.17) is 4.98 Å². The summed E-state index contributed by atoms with van der Waals surface area (Å²) in [7, 11) is 0. The van der Waals surface area contributed by atoms with Crippen LogP contribution in [0.5, 0.6) is 0 Å². The van der Waals surface area contributed by atoms with Crippen molar-refractivity contribution >= 4 is 17.7 Å². The van der Waals surface area contributed by atoms with E-state index < -0.39 is 0 Å². The molecular weight excluding hydrogens is 452 g/mol. The normalized spacial score (nSPS) is 27.5. The van der Waals surface area contributed by atoms with Gasteiger partial charge < -0.3 is 5.32 Å². The topological polar surface area (TPSA) is 67.8 Å². The number of hydrogen-bond donors (Lipinski definition) is 1. The first-order valence-electron chi connectivity index (χ1n) is 12.9. The highest BCUT2D eigenvalue weighted by Gasteiger charge is 2.53. The van der Waals surface area contributed by atoms with Gasteiger partial charge in [0.2, 0.25) is 11.1 Å². The molecule has 1 amide bonds. The smallest absolute Gasteiger partial charge is 0.230 e. The minimum atomic E-state index is 0.0650. The second-order valence-corrected chi connectivity index (χ2v) is 11.8. The maximum atomic E-state index is 13.0. The van der Waals surface area contributed by atoms with Crippen molar-refractivity contribution in [2.45, 2.75) is 56.6 Å². The summed E-state index contributed by atoms with van der Waals surface area (Å²) in [5, 5.41) is 12.8. The summed E-state index contributed by atoms with van der Waals surface area (Å²) >= 11 is 1.36. The summed E-state index contributed by atoms with van der Waals surface area (Å²) in [5.74, 6) is 3.02. The zero-order valence-electron chi connectivity index (χ0n) is 20.2. The highest BCUT2D eigenvalue weighted by Crippen LogP contribution is 2.61. The van der Waals surface area contributed by atoms with Crippen molar-refractivity contribution in [2.24, 2.45) is 23.2 Å². The fraction of sp³-hybridized carbons (Fsp3) is 0.448. The molecule has 180 valence electrons. The number of nitrogens with one attached hydrogen (secondary N) is 1. The fourth-order valence-corrected chi connectivity index (χ4v) is 7.83. The molecule has 2 aromatic carbocycles. The van der Waals surface area contributed by atoms with Crippen LogP contribution in [-0.2, 0) is 4.79 Å². The Bertz CT molecular complexity index is 1160. The van der Waals surface area contributed by atoms with Gasteiger partial charge in [-0.25, -0.2) is 4.98 Å². The maximum absolute atomic E-state index is 13.0. The molecule has 0 aliphatic heterocycles. The Morgan fingerprint density at radius 1 is 0.886 bits per heavy atom. The van der Waals surface area contributed by atoms with Crippen molar-refractivity contribution in [3.8, 4) is 22.5 Å². The zero-order valence-corrected chi connectivity index (χ0v) is 21.0. The van der Waals surface area contributed by atoms with Gasteiger partial charge in [-0.1, -0.05) is 72.4 Å². The first-order chi connectivity index (χ1) is 17.1. The Hall–Kier alpha value is -2.73. The molecular formula is C29H32N4OS. The number of hydrogen-bond acceptors (Lipinski definition) is 5. The molecule has 0 saturated heterocycles. The van der Waals surface area contributed by atoms with E-state index in [1.54, 1.807) is 0 Å². The van der Waals surface area contributed by atoms with Crippen molar-refractivity contribution in [3.05, 3.63) is 60.7 Å². The average molecular weight is 485 g/mol. The highest BCUT2D eigenvalue weighted by molar-refractivity contribution is 7.99. The zero-order chi connectivity index (χ0) is 23.8. The van der Waals surface area contributed by atoms with Crippen LogP contribution in [0.15, 0.2) is 65.8 Å². The quantitative estimate of drug-likeness (QED) is 0.416. The molecule has 0 spiro atoms. The number of benzene rings is 2. The van der Waals surface area contributed by atoms with Crippen molar-refractivity contribution < 1.29 is 4.79 Å². The molecule has 1 aromatic heterocycles. The van der Waals surface area contributed by atoms with Crippen LogP contribution in [0.25, 0.3) is 22.5 Å². The molecule has 4 bridgehead atoms. The van der Waals surface area contributed by atoms with E-state index in [0.29, 0.717) is 16.3 Å². The molecule has 1 atom stereocenters. The van der Waals surface area contributed by atoms with Crippen LogP contribution < -0.4 is 5.32 Å². The minimum Gasteiger partial charge on any atom is -0.352 e. The Morgan fingerprint density at radius 3 is 2.00 bits per heavy atom. The number of amides is 1. The second kappa shape index (κ2) is 9.38. The van der Waals surface area contributed by atoms with Gasteiger partial charge in [-0.2, -0.15) is 0 Å². The number of nitrogens with zero attached hydrogens (tertiary/aromatic N) is 3. The lowest BCUT2D eigenvalue weighted by atomic mass is 9.48. The van der Waals surface area contributed by atoms with Gasteiger partial charge in [-0.15, -0.1) is 10.2 Å². The number of thioether (sulfide) groups is 1. The van der Waals surface area contributed by atoms with E-state index in [0.717, 1.165) is 40.3 Å². The molecule has 4 saturated carbocycles. The lowest BCUT2D eigenvalue weighted by Crippen LogP contribution is -2.56. The lowest BCUT2D eigenvalue weighted by molar-refractivity contribution is -0.123. The Kier molecular flexibility index (Phi) is 6.09. The number of aromatic nitrogens is 3. The van der Waals surface area contributed by atoms with E-state index in [2.05, 4.69) is 22.4 Å². The van der Waals surface area contributed by atoms with Crippen LogP contribution >= 0.6 is 11.8 Å². The van der Waals surface area contributed by atoms with E-state index in [-0.39, 0.29) is 11.9 Å². The molecule has 6 heteroatoms. The standard InChI is InChI=1S/C29H32N4OS/c1-19(29-15-20-12-21(16-29)14-22(13-20)17-29)30-25(34)18-35-28-31-26(23-8-4-2-5-9-23)27(32-33-28)24-10-6-3-7-11-24/h2-11,19-22H,12-18H2,1H3,(H,30,34). The fourth-order valence-electron chi connectivity index (χ4n) is 7.23. The Labute approximate surface area is 211 Å². The van der Waals surface area contributed by atoms with Gasteiger partial charge in [-0.3, -0.25) is 4.79 Å².